The van der Waals surface area contributed by atoms with Crippen molar-refractivity contribution in [3.8, 4) is 17.0 Å². The molecule has 0 saturated carbocycles. The highest BCUT2D eigenvalue weighted by Gasteiger charge is 2.26. The van der Waals surface area contributed by atoms with Gasteiger partial charge in [0.05, 0.1) is 24.2 Å². The molecule has 162 valence electrons. The van der Waals surface area contributed by atoms with Gasteiger partial charge in [-0.2, -0.15) is 0 Å². The van der Waals surface area contributed by atoms with Crippen molar-refractivity contribution in [1.82, 2.24) is 4.98 Å². The number of nitrogen functional groups attached to an aromatic ring is 1. The van der Waals surface area contributed by atoms with Gasteiger partial charge in [-0.1, -0.05) is 41.9 Å². The molecule has 0 bridgehead atoms. The fourth-order valence-electron chi connectivity index (χ4n) is 4.39. The topological polar surface area (TPSA) is 77.2 Å². The third-order valence-electron chi connectivity index (χ3n) is 5.89. The lowest BCUT2D eigenvalue weighted by molar-refractivity contribution is 0.103. The molecule has 7 heteroatoms. The van der Waals surface area contributed by atoms with E-state index < -0.39 is 0 Å². The van der Waals surface area contributed by atoms with Gasteiger partial charge in [0, 0.05) is 16.0 Å². The first-order chi connectivity index (χ1) is 15.6. The zero-order valence-electron chi connectivity index (χ0n) is 17.6. The Labute approximate surface area is 195 Å². The molecule has 32 heavy (non-hydrogen) atoms. The summed E-state index contributed by atoms with van der Waals surface area (Å²) < 4.78 is 5.35. The summed E-state index contributed by atoms with van der Waals surface area (Å²) in [6.07, 6.45) is 4.03. The highest BCUT2D eigenvalue weighted by atomic mass is 35.5. The van der Waals surface area contributed by atoms with Crippen molar-refractivity contribution in [2.24, 2.45) is 0 Å². The summed E-state index contributed by atoms with van der Waals surface area (Å²) in [7, 11) is 1.57. The van der Waals surface area contributed by atoms with E-state index in [-0.39, 0.29) is 5.91 Å². The lowest BCUT2D eigenvalue weighted by Crippen LogP contribution is -2.13. The predicted molar refractivity (Wildman–Crippen MR) is 132 cm³/mol. The largest absolute Gasteiger partial charge is 0.495 e. The minimum atomic E-state index is -0.265. The van der Waals surface area contributed by atoms with Crippen molar-refractivity contribution in [2.75, 3.05) is 18.2 Å². The van der Waals surface area contributed by atoms with Gasteiger partial charge in [-0.3, -0.25) is 4.79 Å². The summed E-state index contributed by atoms with van der Waals surface area (Å²) in [6.45, 7) is 0. The molecular weight excluding hydrogens is 442 g/mol. The molecule has 5 rings (SSSR count). The average Bonchev–Trinajstić information content (AvgIpc) is 3.16. The van der Waals surface area contributed by atoms with Crippen LogP contribution in [-0.4, -0.2) is 18.0 Å². The number of amides is 1. The number of halogens is 1. The van der Waals surface area contributed by atoms with Crippen molar-refractivity contribution < 1.29 is 9.53 Å². The Morgan fingerprint density at radius 3 is 2.59 bits per heavy atom. The fraction of sp³-hybridized carbons (Fsp3) is 0.200. The number of aryl methyl sites for hydroxylation is 1. The molecule has 3 N–H and O–H groups in total. The average molecular weight is 464 g/mol. The van der Waals surface area contributed by atoms with Crippen LogP contribution in [-0.2, 0) is 12.8 Å². The van der Waals surface area contributed by atoms with E-state index in [4.69, 9.17) is 27.1 Å². The van der Waals surface area contributed by atoms with E-state index >= 15 is 0 Å². The number of rotatable bonds is 4. The third-order valence-corrected chi connectivity index (χ3v) is 7.31. The zero-order chi connectivity index (χ0) is 22.2. The van der Waals surface area contributed by atoms with Crippen molar-refractivity contribution in [3.63, 3.8) is 0 Å². The summed E-state index contributed by atoms with van der Waals surface area (Å²) in [5.74, 6) is 0.330. The molecule has 4 aromatic rings. The second-order valence-electron chi connectivity index (χ2n) is 7.78. The maximum Gasteiger partial charge on any atom is 0.268 e. The van der Waals surface area contributed by atoms with Crippen LogP contribution in [0.3, 0.4) is 0 Å². The van der Waals surface area contributed by atoms with Crippen LogP contribution >= 0.6 is 22.9 Å². The van der Waals surface area contributed by atoms with Crippen molar-refractivity contribution in [3.05, 3.63) is 69.6 Å². The molecule has 1 aliphatic rings. The molecule has 0 radical (unpaired) electrons. The zero-order valence-corrected chi connectivity index (χ0v) is 19.1. The van der Waals surface area contributed by atoms with Gasteiger partial charge >= 0.3 is 0 Å². The van der Waals surface area contributed by atoms with E-state index in [1.54, 1.807) is 19.2 Å². The van der Waals surface area contributed by atoms with Gasteiger partial charge < -0.3 is 15.8 Å². The molecule has 2 aromatic heterocycles. The van der Waals surface area contributed by atoms with Crippen LogP contribution in [0.15, 0.2) is 48.5 Å². The number of nitrogens with one attached hydrogen (secondary N) is 1. The number of thiophene rings is 1. The van der Waals surface area contributed by atoms with Gasteiger partial charge in [-0.05, 0) is 55.0 Å². The molecule has 2 heterocycles. The van der Waals surface area contributed by atoms with Crippen LogP contribution in [0.1, 0.15) is 33.6 Å². The molecule has 1 aliphatic carbocycles. The summed E-state index contributed by atoms with van der Waals surface area (Å²) >= 11 is 7.84. The number of nitrogens with zero attached hydrogens (tertiary/aromatic N) is 1. The number of carbonyl (C=O) groups is 1. The lowest BCUT2D eigenvalue weighted by atomic mass is 9.87. The van der Waals surface area contributed by atoms with Crippen molar-refractivity contribution in [2.45, 2.75) is 25.7 Å². The Morgan fingerprint density at radius 2 is 1.81 bits per heavy atom. The number of hydrogen-bond donors (Lipinski definition) is 2. The summed E-state index contributed by atoms with van der Waals surface area (Å²) in [4.78, 5) is 19.4. The third kappa shape index (κ3) is 3.49. The first kappa shape index (κ1) is 20.8. The van der Waals surface area contributed by atoms with Crippen molar-refractivity contribution >= 4 is 50.4 Å². The number of benzene rings is 2. The van der Waals surface area contributed by atoms with E-state index in [9.17, 15) is 4.79 Å². The fourth-order valence-corrected chi connectivity index (χ4v) is 5.63. The van der Waals surface area contributed by atoms with Gasteiger partial charge in [0.2, 0.25) is 0 Å². The molecule has 1 amide bonds. The van der Waals surface area contributed by atoms with Gasteiger partial charge in [0.15, 0.2) is 0 Å². The van der Waals surface area contributed by atoms with Crippen LogP contribution in [0.25, 0.3) is 21.5 Å². The second-order valence-corrected chi connectivity index (χ2v) is 9.19. The van der Waals surface area contributed by atoms with E-state index in [1.165, 1.54) is 22.5 Å². The Morgan fingerprint density at radius 1 is 1.09 bits per heavy atom. The van der Waals surface area contributed by atoms with E-state index in [1.807, 2.05) is 36.4 Å². The lowest BCUT2D eigenvalue weighted by Gasteiger charge is -2.20. The molecule has 0 atom stereocenters. The molecule has 0 aliphatic heterocycles. The number of aromatic nitrogens is 1. The maximum absolute atomic E-state index is 13.2. The molecular formula is C25H22ClN3O2S. The number of anilines is 2. The van der Waals surface area contributed by atoms with Crippen LogP contribution in [0.5, 0.6) is 5.75 Å². The van der Waals surface area contributed by atoms with Gasteiger partial charge in [0.1, 0.15) is 15.5 Å². The maximum atomic E-state index is 13.2. The number of fused-ring (bicyclic) bond motifs is 3. The van der Waals surface area contributed by atoms with Crippen LogP contribution in [0.2, 0.25) is 5.02 Å². The monoisotopic (exact) mass is 463 g/mol. The minimum Gasteiger partial charge on any atom is -0.495 e. The first-order valence-electron chi connectivity index (χ1n) is 10.5. The summed E-state index contributed by atoms with van der Waals surface area (Å²) in [5.41, 5.74) is 11.9. The van der Waals surface area contributed by atoms with Crippen LogP contribution in [0.4, 0.5) is 11.4 Å². The van der Waals surface area contributed by atoms with Crippen LogP contribution in [0, 0.1) is 0 Å². The Balaban J connectivity index is 1.65. The number of hydrogen-bond acceptors (Lipinski definition) is 5. The molecule has 5 nitrogen and oxygen atoms in total. The Kier molecular flexibility index (Phi) is 5.49. The molecule has 2 aromatic carbocycles. The predicted octanol–water partition coefficient (Wildman–Crippen LogP) is 6.34. The smallest absolute Gasteiger partial charge is 0.268 e. The van der Waals surface area contributed by atoms with E-state index in [2.05, 4.69) is 5.32 Å². The number of nitrogens with two attached hydrogens (primary N) is 1. The SMILES string of the molecule is COc1ccccc1NC(=O)c1sc2nc(-c3ccccc3Cl)c3c(c2c1N)CCCC3. The van der Waals surface area contributed by atoms with Crippen molar-refractivity contribution in [1.29, 1.82) is 0 Å². The van der Waals surface area contributed by atoms with Crippen LogP contribution < -0.4 is 15.8 Å². The normalized spacial score (nSPS) is 13.1. The quantitative estimate of drug-likeness (QED) is 0.370. The molecule has 0 unspecified atom stereocenters. The number of para-hydroxylation sites is 2. The molecule has 0 spiro atoms. The highest BCUT2D eigenvalue weighted by Crippen LogP contribution is 2.43. The van der Waals surface area contributed by atoms with Gasteiger partial charge in [-0.25, -0.2) is 4.98 Å². The first-order valence-corrected chi connectivity index (χ1v) is 11.7. The number of pyridine rings is 1. The molecule has 0 fully saturated rings. The minimum absolute atomic E-state index is 0.265. The number of carbonyl (C=O) groups excluding carboxylic acids is 1. The summed E-state index contributed by atoms with van der Waals surface area (Å²) in [6, 6.07) is 15.1. The summed E-state index contributed by atoms with van der Waals surface area (Å²) in [5, 5.41) is 4.51. The molecule has 0 saturated heterocycles. The number of methoxy groups -OCH3 is 1. The highest BCUT2D eigenvalue weighted by molar-refractivity contribution is 7.21. The second kappa shape index (κ2) is 8.45. The van der Waals surface area contributed by atoms with E-state index in [0.29, 0.717) is 27.0 Å². The van der Waals surface area contributed by atoms with Gasteiger partial charge in [0.25, 0.3) is 5.91 Å². The standard InChI is InChI=1S/C25H22ClN3O2S/c1-31-19-13-7-6-12-18(19)28-24(30)23-21(27)20-14-8-2-3-9-15(14)22(29-25(20)32-23)16-10-4-5-11-17(16)26/h4-7,10-13H,2-3,8-9,27H2,1H3,(H,28,30). The Bertz CT molecular complexity index is 1350. The van der Waals surface area contributed by atoms with Gasteiger partial charge in [-0.15, -0.1) is 11.3 Å². The Hall–Kier alpha value is -3.09. The van der Waals surface area contributed by atoms with E-state index in [0.717, 1.165) is 47.2 Å². The number of ether oxygens (including phenoxy) is 1.